The highest BCUT2D eigenvalue weighted by Crippen LogP contribution is 2.28. The van der Waals surface area contributed by atoms with Gasteiger partial charge in [-0.1, -0.05) is 35.9 Å². The molecule has 2 aromatic rings. The molecule has 0 aliphatic heterocycles. The summed E-state index contributed by atoms with van der Waals surface area (Å²) >= 11 is 6.06. The SMILES string of the molecule is CCOc1ccc(/C=C/C(=O)NCc2ccccc2Cl)cc1OC. The highest BCUT2D eigenvalue weighted by atomic mass is 35.5. The topological polar surface area (TPSA) is 47.6 Å². The molecule has 1 amide bonds. The molecule has 0 heterocycles. The molecule has 0 unspecified atom stereocenters. The predicted octanol–water partition coefficient (Wildman–Crippen LogP) is 4.08. The van der Waals surface area contributed by atoms with Gasteiger partial charge in [0.15, 0.2) is 11.5 Å². The van der Waals surface area contributed by atoms with E-state index in [9.17, 15) is 4.79 Å². The normalized spacial score (nSPS) is 10.6. The molecule has 0 radical (unpaired) electrons. The van der Waals surface area contributed by atoms with E-state index in [1.54, 1.807) is 19.3 Å². The average molecular weight is 346 g/mol. The molecule has 126 valence electrons. The largest absolute Gasteiger partial charge is 0.493 e. The number of nitrogens with one attached hydrogen (secondary N) is 1. The van der Waals surface area contributed by atoms with Crippen molar-refractivity contribution in [2.45, 2.75) is 13.5 Å². The Morgan fingerprint density at radius 2 is 2.00 bits per heavy atom. The van der Waals surface area contributed by atoms with Crippen LogP contribution < -0.4 is 14.8 Å². The second kappa shape index (κ2) is 8.99. The first-order valence-electron chi connectivity index (χ1n) is 7.64. The number of benzene rings is 2. The van der Waals surface area contributed by atoms with Crippen LogP contribution in [0, 0.1) is 0 Å². The standard InChI is InChI=1S/C19H20ClNO3/c1-3-24-17-10-8-14(12-18(17)23-2)9-11-19(22)21-13-15-6-4-5-7-16(15)20/h4-12H,3,13H2,1-2H3,(H,21,22)/b11-9+. The van der Waals surface area contributed by atoms with Gasteiger partial charge in [0.2, 0.25) is 5.91 Å². The van der Waals surface area contributed by atoms with Crippen molar-refractivity contribution in [3.8, 4) is 11.5 Å². The zero-order valence-corrected chi connectivity index (χ0v) is 14.5. The minimum Gasteiger partial charge on any atom is -0.493 e. The first-order valence-corrected chi connectivity index (χ1v) is 8.02. The molecule has 0 saturated carbocycles. The average Bonchev–Trinajstić information content (AvgIpc) is 2.60. The van der Waals surface area contributed by atoms with E-state index >= 15 is 0 Å². The van der Waals surface area contributed by atoms with E-state index in [1.807, 2.05) is 43.3 Å². The lowest BCUT2D eigenvalue weighted by atomic mass is 10.2. The third kappa shape index (κ3) is 5.03. The maximum atomic E-state index is 11.9. The van der Waals surface area contributed by atoms with Crippen molar-refractivity contribution in [1.82, 2.24) is 5.32 Å². The van der Waals surface area contributed by atoms with Crippen LogP contribution in [0.4, 0.5) is 0 Å². The van der Waals surface area contributed by atoms with Gasteiger partial charge in [0.1, 0.15) is 0 Å². The molecule has 24 heavy (non-hydrogen) atoms. The third-order valence-electron chi connectivity index (χ3n) is 3.33. The van der Waals surface area contributed by atoms with E-state index in [0.717, 1.165) is 11.1 Å². The van der Waals surface area contributed by atoms with Crippen LogP contribution in [0.3, 0.4) is 0 Å². The van der Waals surface area contributed by atoms with Crippen LogP contribution in [0.2, 0.25) is 5.02 Å². The van der Waals surface area contributed by atoms with Crippen LogP contribution in [-0.4, -0.2) is 19.6 Å². The van der Waals surface area contributed by atoms with Crippen LogP contribution in [0.25, 0.3) is 6.08 Å². The van der Waals surface area contributed by atoms with Crippen molar-refractivity contribution >= 4 is 23.6 Å². The van der Waals surface area contributed by atoms with Crippen LogP contribution >= 0.6 is 11.6 Å². The first-order chi connectivity index (χ1) is 11.6. The molecule has 2 aromatic carbocycles. The molecule has 0 bridgehead atoms. The molecule has 0 fully saturated rings. The fraction of sp³-hybridized carbons (Fsp3) is 0.211. The molecule has 2 rings (SSSR count). The number of hydrogen-bond donors (Lipinski definition) is 1. The van der Waals surface area contributed by atoms with E-state index in [-0.39, 0.29) is 5.91 Å². The second-order valence-electron chi connectivity index (χ2n) is 4.99. The van der Waals surface area contributed by atoms with E-state index in [2.05, 4.69) is 5.32 Å². The number of halogens is 1. The number of methoxy groups -OCH3 is 1. The van der Waals surface area contributed by atoms with Gasteiger partial charge in [0, 0.05) is 17.6 Å². The zero-order chi connectivity index (χ0) is 17.4. The lowest BCUT2D eigenvalue weighted by Gasteiger charge is -2.09. The molecule has 0 aromatic heterocycles. The summed E-state index contributed by atoms with van der Waals surface area (Å²) in [5, 5.41) is 3.44. The molecule has 4 nitrogen and oxygen atoms in total. The Kier molecular flexibility index (Phi) is 6.70. The van der Waals surface area contributed by atoms with Gasteiger partial charge in [-0.15, -0.1) is 0 Å². The van der Waals surface area contributed by atoms with Crippen LogP contribution in [0.15, 0.2) is 48.5 Å². The van der Waals surface area contributed by atoms with Crippen molar-refractivity contribution < 1.29 is 14.3 Å². The van der Waals surface area contributed by atoms with Crippen molar-refractivity contribution in [2.24, 2.45) is 0 Å². The molecule has 5 heteroatoms. The van der Waals surface area contributed by atoms with E-state index < -0.39 is 0 Å². The number of carbonyl (C=O) groups excluding carboxylic acids is 1. The summed E-state index contributed by atoms with van der Waals surface area (Å²) in [5.74, 6) is 1.12. The Hall–Kier alpha value is -2.46. The maximum Gasteiger partial charge on any atom is 0.244 e. The second-order valence-corrected chi connectivity index (χ2v) is 5.39. The monoisotopic (exact) mass is 345 g/mol. The molecule has 0 saturated heterocycles. The summed E-state index contributed by atoms with van der Waals surface area (Å²) in [5.41, 5.74) is 1.73. The van der Waals surface area contributed by atoms with Gasteiger partial charge in [0.05, 0.1) is 13.7 Å². The van der Waals surface area contributed by atoms with Crippen molar-refractivity contribution in [1.29, 1.82) is 0 Å². The molecule has 0 spiro atoms. The minimum absolute atomic E-state index is 0.192. The number of carbonyl (C=O) groups is 1. The van der Waals surface area contributed by atoms with Crippen LogP contribution in [-0.2, 0) is 11.3 Å². The Morgan fingerprint density at radius 1 is 1.21 bits per heavy atom. The number of rotatable bonds is 7. The first kappa shape index (κ1) is 17.9. The molecule has 0 atom stereocenters. The summed E-state index contributed by atoms with van der Waals surface area (Å²) in [7, 11) is 1.58. The van der Waals surface area contributed by atoms with Crippen molar-refractivity contribution in [3.05, 3.63) is 64.7 Å². The fourth-order valence-corrected chi connectivity index (χ4v) is 2.32. The summed E-state index contributed by atoms with van der Waals surface area (Å²) in [6, 6.07) is 12.9. The zero-order valence-electron chi connectivity index (χ0n) is 13.7. The molecule has 1 N–H and O–H groups in total. The lowest BCUT2D eigenvalue weighted by molar-refractivity contribution is -0.116. The van der Waals surface area contributed by atoms with Crippen LogP contribution in [0.1, 0.15) is 18.1 Å². The van der Waals surface area contributed by atoms with Gasteiger partial charge in [0.25, 0.3) is 0 Å². The lowest BCUT2D eigenvalue weighted by Crippen LogP contribution is -2.20. The number of amides is 1. The molecule has 0 aliphatic rings. The van der Waals surface area contributed by atoms with Gasteiger partial charge in [-0.2, -0.15) is 0 Å². The van der Waals surface area contributed by atoms with Crippen molar-refractivity contribution in [3.63, 3.8) is 0 Å². The highest BCUT2D eigenvalue weighted by molar-refractivity contribution is 6.31. The third-order valence-corrected chi connectivity index (χ3v) is 3.69. The fourth-order valence-electron chi connectivity index (χ4n) is 2.12. The van der Waals surface area contributed by atoms with E-state index in [4.69, 9.17) is 21.1 Å². The minimum atomic E-state index is -0.192. The summed E-state index contributed by atoms with van der Waals surface area (Å²) in [6.45, 7) is 2.86. The number of hydrogen-bond acceptors (Lipinski definition) is 3. The highest BCUT2D eigenvalue weighted by Gasteiger charge is 2.04. The van der Waals surface area contributed by atoms with Gasteiger partial charge in [-0.25, -0.2) is 0 Å². The van der Waals surface area contributed by atoms with Gasteiger partial charge >= 0.3 is 0 Å². The van der Waals surface area contributed by atoms with E-state index in [1.165, 1.54) is 6.08 Å². The van der Waals surface area contributed by atoms with Gasteiger partial charge < -0.3 is 14.8 Å². The predicted molar refractivity (Wildman–Crippen MR) is 96.5 cm³/mol. The Balaban J connectivity index is 1.97. The quantitative estimate of drug-likeness (QED) is 0.769. The summed E-state index contributed by atoms with van der Waals surface area (Å²) in [6.07, 6.45) is 3.20. The Labute approximate surface area is 147 Å². The molecular formula is C19H20ClNO3. The van der Waals surface area contributed by atoms with Gasteiger partial charge in [-0.3, -0.25) is 4.79 Å². The Morgan fingerprint density at radius 3 is 2.71 bits per heavy atom. The summed E-state index contributed by atoms with van der Waals surface area (Å²) < 4.78 is 10.8. The number of ether oxygens (including phenoxy) is 2. The van der Waals surface area contributed by atoms with E-state index in [0.29, 0.717) is 29.7 Å². The molecular weight excluding hydrogens is 326 g/mol. The summed E-state index contributed by atoms with van der Waals surface area (Å²) in [4.78, 5) is 11.9. The Bertz CT molecular complexity index is 728. The van der Waals surface area contributed by atoms with Gasteiger partial charge in [-0.05, 0) is 42.3 Å². The smallest absolute Gasteiger partial charge is 0.244 e. The van der Waals surface area contributed by atoms with Crippen LogP contribution in [0.5, 0.6) is 11.5 Å². The van der Waals surface area contributed by atoms with Crippen molar-refractivity contribution in [2.75, 3.05) is 13.7 Å². The molecule has 0 aliphatic carbocycles. The maximum absolute atomic E-state index is 11.9.